The van der Waals surface area contributed by atoms with E-state index in [0.717, 1.165) is 6.42 Å². The van der Waals surface area contributed by atoms with E-state index in [1.54, 1.807) is 21.7 Å². The fourth-order valence-electron chi connectivity index (χ4n) is 2.59. The maximum Gasteiger partial charge on any atom is 0.410 e. The summed E-state index contributed by atoms with van der Waals surface area (Å²) in [6.45, 7) is 6.79. The fraction of sp³-hybridized carbons (Fsp3) is 0.533. The molecule has 1 amide bonds. The second kappa shape index (κ2) is 6.40. The van der Waals surface area contributed by atoms with Crippen LogP contribution in [0.3, 0.4) is 0 Å². The van der Waals surface area contributed by atoms with Gasteiger partial charge >= 0.3 is 6.09 Å². The molecule has 1 aliphatic rings. The van der Waals surface area contributed by atoms with Crippen molar-refractivity contribution in [3.8, 4) is 0 Å². The third-order valence-electron chi connectivity index (χ3n) is 3.63. The summed E-state index contributed by atoms with van der Waals surface area (Å²) in [6.07, 6.45) is 3.97. The maximum atomic E-state index is 12.1. The standard InChI is InChI=1S/C15H19BrClN5O2/c1-15(2,3)24-14(23)21-6-4-9(8-21)19-12-13-18-5-7-22(13)11(17)10(16)20-12/h5,7,9H,4,6,8H2,1-3H3,(H,19,20). The lowest BCUT2D eigenvalue weighted by Crippen LogP contribution is -2.36. The number of carbonyl (C=O) groups is 1. The van der Waals surface area contributed by atoms with Crippen molar-refractivity contribution in [2.45, 2.75) is 38.8 Å². The van der Waals surface area contributed by atoms with Crippen LogP contribution in [0.5, 0.6) is 0 Å². The Morgan fingerprint density at radius 2 is 2.25 bits per heavy atom. The van der Waals surface area contributed by atoms with Crippen molar-refractivity contribution in [3.05, 3.63) is 22.1 Å². The van der Waals surface area contributed by atoms with Gasteiger partial charge in [0.15, 0.2) is 11.5 Å². The van der Waals surface area contributed by atoms with Crippen molar-refractivity contribution in [1.29, 1.82) is 0 Å². The van der Waals surface area contributed by atoms with Gasteiger partial charge in [0, 0.05) is 31.5 Å². The molecule has 1 unspecified atom stereocenters. The van der Waals surface area contributed by atoms with Crippen molar-refractivity contribution < 1.29 is 9.53 Å². The van der Waals surface area contributed by atoms with Crippen LogP contribution >= 0.6 is 27.5 Å². The molecule has 24 heavy (non-hydrogen) atoms. The van der Waals surface area contributed by atoms with Gasteiger partial charge in [-0.05, 0) is 43.1 Å². The van der Waals surface area contributed by atoms with Gasteiger partial charge in [-0.25, -0.2) is 14.8 Å². The number of anilines is 1. The van der Waals surface area contributed by atoms with Gasteiger partial charge in [-0.15, -0.1) is 0 Å². The molecule has 1 fully saturated rings. The molecule has 0 saturated carbocycles. The summed E-state index contributed by atoms with van der Waals surface area (Å²) in [5.74, 6) is 0.632. The molecule has 0 bridgehead atoms. The molecule has 0 radical (unpaired) electrons. The third kappa shape index (κ3) is 3.59. The van der Waals surface area contributed by atoms with Crippen molar-refractivity contribution in [2.75, 3.05) is 18.4 Å². The SMILES string of the molecule is CC(C)(C)OC(=O)N1CCC(Nc2nc(Br)c(Cl)n3ccnc23)C1. The van der Waals surface area contributed by atoms with Crippen LogP contribution in [0, 0.1) is 0 Å². The summed E-state index contributed by atoms with van der Waals surface area (Å²) >= 11 is 9.55. The lowest BCUT2D eigenvalue weighted by Gasteiger charge is -2.24. The summed E-state index contributed by atoms with van der Waals surface area (Å²) in [5, 5.41) is 3.82. The Kier molecular flexibility index (Phi) is 4.61. The molecular weight excluding hydrogens is 398 g/mol. The van der Waals surface area contributed by atoms with Crippen LogP contribution in [0.4, 0.5) is 10.6 Å². The molecule has 3 heterocycles. The first-order chi connectivity index (χ1) is 11.2. The number of nitrogens with zero attached hydrogens (tertiary/aromatic N) is 4. The molecule has 0 spiro atoms. The number of imidazole rings is 1. The molecule has 3 rings (SSSR count). The van der Waals surface area contributed by atoms with Crippen LogP contribution in [0.15, 0.2) is 17.0 Å². The minimum Gasteiger partial charge on any atom is -0.444 e. The molecule has 9 heteroatoms. The number of carbonyl (C=O) groups excluding carboxylic acids is 1. The number of aromatic nitrogens is 3. The predicted octanol–water partition coefficient (Wildman–Crippen LogP) is 3.57. The Labute approximate surface area is 153 Å². The molecule has 1 aliphatic heterocycles. The molecule has 7 nitrogen and oxygen atoms in total. The number of hydrogen-bond donors (Lipinski definition) is 1. The zero-order valence-corrected chi connectivity index (χ0v) is 16.1. The maximum absolute atomic E-state index is 12.1. The van der Waals surface area contributed by atoms with Gasteiger partial charge in [-0.1, -0.05) is 11.6 Å². The number of ether oxygens (including phenoxy) is 1. The summed E-state index contributed by atoms with van der Waals surface area (Å²) in [6, 6.07) is 0.0820. The van der Waals surface area contributed by atoms with Crippen molar-refractivity contribution in [1.82, 2.24) is 19.3 Å². The largest absolute Gasteiger partial charge is 0.444 e. The molecule has 0 aliphatic carbocycles. The lowest BCUT2D eigenvalue weighted by atomic mass is 10.2. The molecule has 2 aromatic rings. The summed E-state index contributed by atoms with van der Waals surface area (Å²) < 4.78 is 7.71. The molecule has 1 N–H and O–H groups in total. The van der Waals surface area contributed by atoms with Crippen LogP contribution in [0.1, 0.15) is 27.2 Å². The Hall–Kier alpha value is -1.54. The Bertz CT molecular complexity index is 773. The van der Waals surface area contributed by atoms with Crippen LogP contribution < -0.4 is 5.32 Å². The summed E-state index contributed by atoms with van der Waals surface area (Å²) in [5.41, 5.74) is 0.159. The van der Waals surface area contributed by atoms with Crippen molar-refractivity contribution in [2.24, 2.45) is 0 Å². The average molecular weight is 417 g/mol. The minimum absolute atomic E-state index is 0.0820. The smallest absolute Gasteiger partial charge is 0.410 e. The van der Waals surface area contributed by atoms with Crippen molar-refractivity contribution >= 4 is 45.1 Å². The van der Waals surface area contributed by atoms with Crippen LogP contribution in [-0.4, -0.2) is 50.1 Å². The third-order valence-corrected chi connectivity index (χ3v) is 4.77. The van der Waals surface area contributed by atoms with E-state index in [4.69, 9.17) is 16.3 Å². The van der Waals surface area contributed by atoms with E-state index in [0.29, 0.717) is 34.3 Å². The van der Waals surface area contributed by atoms with E-state index >= 15 is 0 Å². The highest BCUT2D eigenvalue weighted by Gasteiger charge is 2.30. The quantitative estimate of drug-likeness (QED) is 0.810. The highest BCUT2D eigenvalue weighted by Crippen LogP contribution is 2.27. The van der Waals surface area contributed by atoms with Crippen LogP contribution in [-0.2, 0) is 4.74 Å². The summed E-state index contributed by atoms with van der Waals surface area (Å²) in [7, 11) is 0. The van der Waals surface area contributed by atoms with E-state index in [9.17, 15) is 4.79 Å². The van der Waals surface area contributed by atoms with Crippen molar-refractivity contribution in [3.63, 3.8) is 0 Å². The molecule has 1 saturated heterocycles. The van der Waals surface area contributed by atoms with E-state index in [-0.39, 0.29) is 12.1 Å². The predicted molar refractivity (Wildman–Crippen MR) is 95.5 cm³/mol. The minimum atomic E-state index is -0.493. The van der Waals surface area contributed by atoms with Gasteiger partial charge in [0.05, 0.1) is 0 Å². The van der Waals surface area contributed by atoms with E-state index in [1.165, 1.54) is 0 Å². The number of amides is 1. The topological polar surface area (TPSA) is 71.8 Å². The number of rotatable bonds is 2. The lowest BCUT2D eigenvalue weighted by molar-refractivity contribution is 0.0293. The Balaban J connectivity index is 1.71. The first kappa shape index (κ1) is 17.3. The molecule has 130 valence electrons. The fourth-order valence-corrected chi connectivity index (χ4v) is 3.14. The normalized spacial score (nSPS) is 18.2. The van der Waals surface area contributed by atoms with E-state index in [1.807, 2.05) is 20.8 Å². The second-order valence-electron chi connectivity index (χ2n) is 6.72. The molecular formula is C15H19BrClN5O2. The second-order valence-corrected chi connectivity index (χ2v) is 7.83. The van der Waals surface area contributed by atoms with Gasteiger partial charge in [0.25, 0.3) is 0 Å². The highest BCUT2D eigenvalue weighted by molar-refractivity contribution is 9.10. The summed E-state index contributed by atoms with van der Waals surface area (Å²) in [4.78, 5) is 22.6. The first-order valence-corrected chi connectivity index (χ1v) is 8.84. The number of halogens is 2. The zero-order valence-electron chi connectivity index (χ0n) is 13.7. The number of hydrogen-bond acceptors (Lipinski definition) is 5. The van der Waals surface area contributed by atoms with Gasteiger partial charge in [-0.2, -0.15) is 0 Å². The van der Waals surface area contributed by atoms with Gasteiger partial charge in [0.2, 0.25) is 0 Å². The Morgan fingerprint density at radius 1 is 1.50 bits per heavy atom. The Morgan fingerprint density at radius 3 is 2.96 bits per heavy atom. The zero-order chi connectivity index (χ0) is 17.5. The molecule has 2 aromatic heterocycles. The van der Waals surface area contributed by atoms with Gasteiger partial charge in [-0.3, -0.25) is 4.40 Å². The number of likely N-dealkylation sites (tertiary alicyclic amines) is 1. The van der Waals surface area contributed by atoms with Gasteiger partial charge in [0.1, 0.15) is 15.4 Å². The van der Waals surface area contributed by atoms with Crippen LogP contribution in [0.25, 0.3) is 5.65 Å². The average Bonchev–Trinajstić information content (AvgIpc) is 3.12. The monoisotopic (exact) mass is 415 g/mol. The number of fused-ring (bicyclic) bond motifs is 1. The molecule has 0 aromatic carbocycles. The highest BCUT2D eigenvalue weighted by atomic mass is 79.9. The number of nitrogens with one attached hydrogen (secondary N) is 1. The molecule has 1 atom stereocenters. The van der Waals surface area contributed by atoms with E-state index in [2.05, 4.69) is 31.2 Å². The van der Waals surface area contributed by atoms with Crippen LogP contribution in [0.2, 0.25) is 5.15 Å². The van der Waals surface area contributed by atoms with E-state index < -0.39 is 5.60 Å². The first-order valence-electron chi connectivity index (χ1n) is 7.67. The van der Waals surface area contributed by atoms with Gasteiger partial charge < -0.3 is 15.0 Å².